The van der Waals surface area contributed by atoms with Gasteiger partial charge in [0.2, 0.25) is 0 Å². The molecule has 0 atom stereocenters. The molecule has 2 aromatic rings. The molecule has 0 amide bonds. The van der Waals surface area contributed by atoms with E-state index in [2.05, 4.69) is 20.6 Å². The number of guanidine groups is 1. The second-order valence-corrected chi connectivity index (χ2v) is 5.38. The maximum atomic E-state index is 12.4. The van der Waals surface area contributed by atoms with Crippen molar-refractivity contribution in [3.8, 4) is 5.75 Å². The molecule has 26 heavy (non-hydrogen) atoms. The van der Waals surface area contributed by atoms with Crippen LogP contribution >= 0.6 is 0 Å². The summed E-state index contributed by atoms with van der Waals surface area (Å²) in [5, 5.41) is 6.23. The first-order chi connectivity index (χ1) is 12.5. The first kappa shape index (κ1) is 19.6. The molecule has 0 saturated heterocycles. The smallest absolute Gasteiger partial charge is 0.422 e. The summed E-state index contributed by atoms with van der Waals surface area (Å²) in [5.74, 6) is 0.720. The lowest BCUT2D eigenvalue weighted by molar-refractivity contribution is -0.153. The summed E-state index contributed by atoms with van der Waals surface area (Å²) >= 11 is 0. The highest BCUT2D eigenvalue weighted by Gasteiger charge is 2.28. The topological polar surface area (TPSA) is 58.5 Å². The molecule has 0 saturated carbocycles. The van der Waals surface area contributed by atoms with Gasteiger partial charge in [-0.2, -0.15) is 13.2 Å². The Balaban J connectivity index is 2.02. The molecule has 1 aromatic heterocycles. The number of hydrogen-bond acceptors (Lipinski definition) is 3. The summed E-state index contributed by atoms with van der Waals surface area (Å²) in [4.78, 5) is 8.63. The van der Waals surface area contributed by atoms with E-state index in [1.165, 1.54) is 6.07 Å². The number of pyridine rings is 1. The van der Waals surface area contributed by atoms with E-state index in [0.29, 0.717) is 24.6 Å². The molecule has 2 rings (SSSR count). The second kappa shape index (κ2) is 9.65. The van der Waals surface area contributed by atoms with Crippen molar-refractivity contribution in [3.05, 3.63) is 59.9 Å². The van der Waals surface area contributed by atoms with E-state index in [4.69, 9.17) is 4.74 Å². The number of rotatable bonds is 7. The number of aliphatic imine (C=N–C) groups is 1. The zero-order chi connectivity index (χ0) is 18.8. The molecule has 5 nitrogen and oxygen atoms in total. The summed E-state index contributed by atoms with van der Waals surface area (Å²) in [6.07, 6.45) is -2.68. The van der Waals surface area contributed by atoms with Gasteiger partial charge in [-0.15, -0.1) is 0 Å². The number of hydrogen-bond donors (Lipinski definition) is 2. The van der Waals surface area contributed by atoms with Crippen LogP contribution in [0.2, 0.25) is 0 Å². The van der Waals surface area contributed by atoms with Gasteiger partial charge in [-0.05, 0) is 25.1 Å². The quantitative estimate of drug-likeness (QED) is 0.583. The van der Waals surface area contributed by atoms with Gasteiger partial charge in [-0.25, -0.2) is 4.99 Å². The van der Waals surface area contributed by atoms with Crippen molar-refractivity contribution < 1.29 is 17.9 Å². The van der Waals surface area contributed by atoms with Crippen molar-refractivity contribution in [1.82, 2.24) is 15.6 Å². The molecule has 140 valence electrons. The number of nitrogens with one attached hydrogen (secondary N) is 2. The lowest BCUT2D eigenvalue weighted by Crippen LogP contribution is -2.37. The zero-order valence-corrected chi connectivity index (χ0v) is 14.4. The van der Waals surface area contributed by atoms with Crippen molar-refractivity contribution in [2.45, 2.75) is 26.2 Å². The Kier molecular flexibility index (Phi) is 7.25. The fraction of sp³-hybridized carbons (Fsp3) is 0.333. The number of ether oxygens (including phenoxy) is 1. The summed E-state index contributed by atoms with van der Waals surface area (Å²) in [7, 11) is 0. The van der Waals surface area contributed by atoms with Gasteiger partial charge in [0.15, 0.2) is 12.6 Å². The molecule has 0 spiro atoms. The lowest BCUT2D eigenvalue weighted by atomic mass is 10.2. The summed E-state index contributed by atoms with van der Waals surface area (Å²) < 4.78 is 42.0. The maximum absolute atomic E-state index is 12.4. The molecular weight excluding hydrogens is 345 g/mol. The van der Waals surface area contributed by atoms with Gasteiger partial charge in [0.05, 0.1) is 18.8 Å². The highest BCUT2D eigenvalue weighted by molar-refractivity contribution is 5.79. The Morgan fingerprint density at radius 1 is 1.12 bits per heavy atom. The van der Waals surface area contributed by atoms with Crippen molar-refractivity contribution >= 4 is 5.96 Å². The van der Waals surface area contributed by atoms with Gasteiger partial charge in [-0.1, -0.05) is 24.3 Å². The average Bonchev–Trinajstić information content (AvgIpc) is 2.63. The molecule has 0 bridgehead atoms. The fourth-order valence-electron chi connectivity index (χ4n) is 2.12. The van der Waals surface area contributed by atoms with E-state index in [0.717, 1.165) is 5.69 Å². The third-order valence-corrected chi connectivity index (χ3v) is 3.28. The molecule has 1 aromatic carbocycles. The highest BCUT2D eigenvalue weighted by Crippen LogP contribution is 2.22. The van der Waals surface area contributed by atoms with Crippen LogP contribution in [0.3, 0.4) is 0 Å². The van der Waals surface area contributed by atoms with Gasteiger partial charge in [0.25, 0.3) is 0 Å². The van der Waals surface area contributed by atoms with E-state index in [-0.39, 0.29) is 12.3 Å². The van der Waals surface area contributed by atoms with Gasteiger partial charge < -0.3 is 15.4 Å². The van der Waals surface area contributed by atoms with Crippen LogP contribution in [0.5, 0.6) is 5.75 Å². The molecule has 2 N–H and O–H groups in total. The maximum Gasteiger partial charge on any atom is 0.422 e. The van der Waals surface area contributed by atoms with Crippen molar-refractivity contribution in [2.75, 3.05) is 13.2 Å². The normalized spacial score (nSPS) is 11.9. The fourth-order valence-corrected chi connectivity index (χ4v) is 2.12. The van der Waals surface area contributed by atoms with Crippen molar-refractivity contribution in [2.24, 2.45) is 4.99 Å². The van der Waals surface area contributed by atoms with Crippen molar-refractivity contribution in [1.29, 1.82) is 0 Å². The van der Waals surface area contributed by atoms with Crippen LogP contribution in [0.4, 0.5) is 13.2 Å². The minimum Gasteiger partial charge on any atom is -0.484 e. The third-order valence-electron chi connectivity index (χ3n) is 3.28. The van der Waals surface area contributed by atoms with E-state index in [9.17, 15) is 13.2 Å². The van der Waals surface area contributed by atoms with Crippen LogP contribution in [0.25, 0.3) is 0 Å². The first-order valence-electron chi connectivity index (χ1n) is 8.17. The second-order valence-electron chi connectivity index (χ2n) is 5.38. The molecule has 0 radical (unpaired) electrons. The number of alkyl halides is 3. The van der Waals surface area contributed by atoms with Gasteiger partial charge >= 0.3 is 6.18 Å². The standard InChI is InChI=1S/C18H21F3N4O/c1-2-22-17(25-12-15-8-5-6-10-23-15)24-11-14-7-3-4-9-16(14)26-13-18(19,20)21/h3-10H,2,11-13H2,1H3,(H2,22,24,25). The Hall–Kier alpha value is -2.77. The van der Waals surface area contributed by atoms with E-state index in [1.807, 2.05) is 25.1 Å². The SMILES string of the molecule is CCNC(=NCc1ccccc1OCC(F)(F)F)NCc1ccccn1. The molecule has 0 aliphatic heterocycles. The molecule has 0 aliphatic carbocycles. The highest BCUT2D eigenvalue weighted by atomic mass is 19.4. The molecule has 0 fully saturated rings. The average molecular weight is 366 g/mol. The number of halogens is 3. The number of benzene rings is 1. The Morgan fingerprint density at radius 3 is 2.58 bits per heavy atom. The summed E-state index contributed by atoms with van der Waals surface area (Å²) in [5.41, 5.74) is 1.43. The Morgan fingerprint density at radius 2 is 1.88 bits per heavy atom. The number of nitrogens with zero attached hydrogens (tertiary/aromatic N) is 2. The summed E-state index contributed by atoms with van der Waals surface area (Å²) in [6.45, 7) is 1.93. The summed E-state index contributed by atoms with van der Waals surface area (Å²) in [6, 6.07) is 12.2. The first-order valence-corrected chi connectivity index (χ1v) is 8.17. The van der Waals surface area contributed by atoms with E-state index >= 15 is 0 Å². The van der Waals surface area contributed by atoms with Crippen LogP contribution < -0.4 is 15.4 Å². The Labute approximate surface area is 150 Å². The van der Waals surface area contributed by atoms with Crippen LogP contribution in [-0.2, 0) is 13.1 Å². The van der Waals surface area contributed by atoms with E-state index < -0.39 is 12.8 Å². The van der Waals surface area contributed by atoms with Gasteiger partial charge in [0.1, 0.15) is 5.75 Å². The van der Waals surface area contributed by atoms with Crippen molar-refractivity contribution in [3.63, 3.8) is 0 Å². The molecule has 8 heteroatoms. The largest absolute Gasteiger partial charge is 0.484 e. The predicted octanol–water partition coefficient (Wildman–Crippen LogP) is 3.28. The van der Waals surface area contributed by atoms with E-state index in [1.54, 1.807) is 24.4 Å². The van der Waals surface area contributed by atoms with Crippen LogP contribution in [0.15, 0.2) is 53.7 Å². The van der Waals surface area contributed by atoms with Crippen LogP contribution in [0.1, 0.15) is 18.2 Å². The predicted molar refractivity (Wildman–Crippen MR) is 93.9 cm³/mol. The minimum absolute atomic E-state index is 0.175. The number of para-hydroxylation sites is 1. The number of aromatic nitrogens is 1. The molecule has 1 heterocycles. The monoisotopic (exact) mass is 366 g/mol. The third kappa shape index (κ3) is 7.00. The molecular formula is C18H21F3N4O. The minimum atomic E-state index is -4.38. The van der Waals surface area contributed by atoms with Crippen LogP contribution in [0, 0.1) is 0 Å². The molecule has 0 aliphatic rings. The Bertz CT molecular complexity index is 705. The van der Waals surface area contributed by atoms with Crippen LogP contribution in [-0.4, -0.2) is 30.3 Å². The lowest BCUT2D eigenvalue weighted by Gasteiger charge is -2.13. The molecule has 0 unspecified atom stereocenters. The van der Waals surface area contributed by atoms with Gasteiger partial charge in [-0.3, -0.25) is 4.98 Å². The zero-order valence-electron chi connectivity index (χ0n) is 14.4. The van der Waals surface area contributed by atoms with Gasteiger partial charge in [0, 0.05) is 18.3 Å².